The highest BCUT2D eigenvalue weighted by molar-refractivity contribution is 6.29. The summed E-state index contributed by atoms with van der Waals surface area (Å²) in [5.74, 6) is -0.571. The minimum Gasteiger partial charge on any atom is -0.497 e. The fourth-order valence-electron chi connectivity index (χ4n) is 1.43. The van der Waals surface area contributed by atoms with Gasteiger partial charge in [0, 0.05) is 12.3 Å². The number of halogens is 2. The molecule has 1 N–H and O–H groups in total. The minimum absolute atomic E-state index is 0.0410. The third-order valence-corrected chi connectivity index (χ3v) is 2.63. The number of rotatable bonds is 3. The number of nitrogens with zero attached hydrogens (tertiary/aromatic N) is 1. The summed E-state index contributed by atoms with van der Waals surface area (Å²) in [6, 6.07) is 7.07. The molecular formula is C13H10ClFN2O2. The Morgan fingerprint density at radius 1 is 1.37 bits per heavy atom. The van der Waals surface area contributed by atoms with Crippen LogP contribution in [0, 0.1) is 5.82 Å². The van der Waals surface area contributed by atoms with E-state index in [9.17, 15) is 9.18 Å². The van der Waals surface area contributed by atoms with Gasteiger partial charge in [-0.1, -0.05) is 11.6 Å². The van der Waals surface area contributed by atoms with Crippen molar-refractivity contribution in [3.8, 4) is 5.75 Å². The number of hydrogen-bond acceptors (Lipinski definition) is 3. The molecule has 0 saturated carbocycles. The first-order chi connectivity index (χ1) is 9.10. The summed E-state index contributed by atoms with van der Waals surface area (Å²) >= 11 is 5.62. The number of benzene rings is 1. The molecule has 0 aliphatic heterocycles. The Kier molecular flexibility index (Phi) is 3.97. The van der Waals surface area contributed by atoms with Crippen molar-refractivity contribution in [3.63, 3.8) is 0 Å². The molecule has 0 bridgehead atoms. The van der Waals surface area contributed by atoms with E-state index in [1.807, 2.05) is 0 Å². The van der Waals surface area contributed by atoms with Crippen LogP contribution in [0.15, 0.2) is 36.5 Å². The van der Waals surface area contributed by atoms with Gasteiger partial charge >= 0.3 is 0 Å². The van der Waals surface area contributed by atoms with E-state index in [2.05, 4.69) is 10.3 Å². The molecule has 19 heavy (non-hydrogen) atoms. The zero-order valence-corrected chi connectivity index (χ0v) is 10.7. The molecule has 2 rings (SSSR count). The first-order valence-electron chi connectivity index (χ1n) is 5.36. The Bertz CT molecular complexity index is 602. The number of methoxy groups -OCH3 is 1. The van der Waals surface area contributed by atoms with Crippen molar-refractivity contribution in [2.24, 2.45) is 0 Å². The van der Waals surface area contributed by atoms with Crippen molar-refractivity contribution in [1.29, 1.82) is 0 Å². The minimum atomic E-state index is -0.545. The lowest BCUT2D eigenvalue weighted by molar-refractivity contribution is 0.102. The van der Waals surface area contributed by atoms with Crippen LogP contribution in [-0.4, -0.2) is 18.0 Å². The van der Waals surface area contributed by atoms with Gasteiger partial charge in [-0.2, -0.15) is 0 Å². The maximum atomic E-state index is 13.5. The molecule has 2 aromatic rings. The molecule has 0 aliphatic carbocycles. The number of amides is 1. The van der Waals surface area contributed by atoms with E-state index in [-0.39, 0.29) is 16.4 Å². The molecule has 0 spiro atoms. The quantitative estimate of drug-likeness (QED) is 0.879. The number of ether oxygens (including phenoxy) is 1. The summed E-state index contributed by atoms with van der Waals surface area (Å²) < 4.78 is 18.5. The van der Waals surface area contributed by atoms with Crippen LogP contribution >= 0.6 is 11.6 Å². The smallest absolute Gasteiger partial charge is 0.257 e. The Morgan fingerprint density at radius 3 is 2.79 bits per heavy atom. The Labute approximate surface area is 114 Å². The lowest BCUT2D eigenvalue weighted by Gasteiger charge is -2.08. The van der Waals surface area contributed by atoms with Crippen LogP contribution in [0.3, 0.4) is 0 Å². The van der Waals surface area contributed by atoms with Gasteiger partial charge in [0.2, 0.25) is 0 Å². The fraction of sp³-hybridized carbons (Fsp3) is 0.0769. The van der Waals surface area contributed by atoms with Crippen LogP contribution < -0.4 is 10.1 Å². The SMILES string of the molecule is COc1ccc(F)c(NC(=O)c2ccc(Cl)nc2)c1. The van der Waals surface area contributed by atoms with E-state index in [4.69, 9.17) is 16.3 Å². The Morgan fingerprint density at radius 2 is 2.16 bits per heavy atom. The van der Waals surface area contributed by atoms with Crippen LogP contribution in [0.4, 0.5) is 10.1 Å². The second-order valence-electron chi connectivity index (χ2n) is 3.67. The van der Waals surface area contributed by atoms with Crippen LogP contribution in [0.5, 0.6) is 5.75 Å². The number of aromatic nitrogens is 1. The highest BCUT2D eigenvalue weighted by Gasteiger charge is 2.10. The van der Waals surface area contributed by atoms with E-state index in [1.54, 1.807) is 0 Å². The van der Waals surface area contributed by atoms with Crippen molar-refractivity contribution >= 4 is 23.2 Å². The zero-order chi connectivity index (χ0) is 13.8. The van der Waals surface area contributed by atoms with Gasteiger partial charge < -0.3 is 10.1 Å². The van der Waals surface area contributed by atoms with E-state index in [1.165, 1.54) is 43.6 Å². The largest absolute Gasteiger partial charge is 0.497 e. The molecule has 0 radical (unpaired) electrons. The van der Waals surface area contributed by atoms with Crippen LogP contribution in [-0.2, 0) is 0 Å². The molecule has 1 aromatic heterocycles. The molecule has 0 aliphatic rings. The topological polar surface area (TPSA) is 51.2 Å². The number of hydrogen-bond donors (Lipinski definition) is 1. The molecule has 98 valence electrons. The fourth-order valence-corrected chi connectivity index (χ4v) is 1.54. The predicted octanol–water partition coefficient (Wildman–Crippen LogP) is 3.14. The molecule has 1 heterocycles. The summed E-state index contributed by atoms with van der Waals surface area (Å²) in [5, 5.41) is 2.73. The van der Waals surface area contributed by atoms with Gasteiger partial charge in [0.05, 0.1) is 18.4 Å². The number of pyridine rings is 1. The lowest BCUT2D eigenvalue weighted by atomic mass is 10.2. The Hall–Kier alpha value is -2.14. The van der Waals surface area contributed by atoms with Gasteiger partial charge in [0.1, 0.15) is 16.7 Å². The Balaban J connectivity index is 2.21. The number of carbonyl (C=O) groups is 1. The number of carbonyl (C=O) groups excluding carboxylic acids is 1. The maximum Gasteiger partial charge on any atom is 0.257 e. The molecule has 0 saturated heterocycles. The molecule has 6 heteroatoms. The van der Waals surface area contributed by atoms with Crippen LogP contribution in [0.25, 0.3) is 0 Å². The van der Waals surface area contributed by atoms with Gasteiger partial charge in [0.15, 0.2) is 0 Å². The highest BCUT2D eigenvalue weighted by Crippen LogP contribution is 2.21. The third-order valence-electron chi connectivity index (χ3n) is 2.41. The molecule has 0 unspecified atom stereocenters. The lowest BCUT2D eigenvalue weighted by Crippen LogP contribution is -2.13. The summed E-state index contributed by atoms with van der Waals surface area (Å²) in [6.45, 7) is 0. The van der Waals surface area contributed by atoms with Gasteiger partial charge in [-0.3, -0.25) is 4.79 Å². The molecule has 1 amide bonds. The van der Waals surface area contributed by atoms with Crippen LogP contribution in [0.2, 0.25) is 5.15 Å². The van der Waals surface area contributed by atoms with Gasteiger partial charge in [-0.15, -0.1) is 0 Å². The predicted molar refractivity (Wildman–Crippen MR) is 70.2 cm³/mol. The normalized spacial score (nSPS) is 10.1. The van der Waals surface area contributed by atoms with Crippen molar-refractivity contribution in [2.45, 2.75) is 0 Å². The van der Waals surface area contributed by atoms with Crippen molar-refractivity contribution in [3.05, 3.63) is 53.1 Å². The molecular weight excluding hydrogens is 271 g/mol. The number of nitrogens with one attached hydrogen (secondary N) is 1. The molecule has 0 fully saturated rings. The molecule has 1 aromatic carbocycles. The van der Waals surface area contributed by atoms with E-state index in [0.29, 0.717) is 5.75 Å². The summed E-state index contributed by atoms with van der Waals surface area (Å²) in [4.78, 5) is 15.7. The average molecular weight is 281 g/mol. The summed E-state index contributed by atoms with van der Waals surface area (Å²) in [5.41, 5.74) is 0.325. The van der Waals surface area contributed by atoms with Crippen LogP contribution in [0.1, 0.15) is 10.4 Å². The maximum absolute atomic E-state index is 13.5. The first-order valence-corrected chi connectivity index (χ1v) is 5.74. The molecule has 4 nitrogen and oxygen atoms in total. The summed E-state index contributed by atoms with van der Waals surface area (Å²) in [7, 11) is 1.46. The average Bonchev–Trinajstić information content (AvgIpc) is 2.42. The second kappa shape index (κ2) is 5.67. The second-order valence-corrected chi connectivity index (χ2v) is 4.06. The van der Waals surface area contributed by atoms with Crippen molar-refractivity contribution < 1.29 is 13.9 Å². The standard InChI is InChI=1S/C13H10ClFN2O2/c1-19-9-3-4-10(15)11(6-9)17-13(18)8-2-5-12(14)16-7-8/h2-7H,1H3,(H,17,18). The molecule has 0 atom stereocenters. The number of anilines is 1. The third kappa shape index (κ3) is 3.20. The van der Waals surface area contributed by atoms with E-state index >= 15 is 0 Å². The highest BCUT2D eigenvalue weighted by atomic mass is 35.5. The monoisotopic (exact) mass is 280 g/mol. The summed E-state index contributed by atoms with van der Waals surface area (Å²) in [6.07, 6.45) is 1.32. The zero-order valence-electron chi connectivity index (χ0n) is 9.98. The first kappa shape index (κ1) is 13.3. The van der Waals surface area contributed by atoms with Crippen molar-refractivity contribution in [1.82, 2.24) is 4.98 Å². The van der Waals surface area contributed by atoms with E-state index < -0.39 is 11.7 Å². The van der Waals surface area contributed by atoms with Gasteiger partial charge in [-0.05, 0) is 24.3 Å². The van der Waals surface area contributed by atoms with Gasteiger partial charge in [-0.25, -0.2) is 9.37 Å². The van der Waals surface area contributed by atoms with Crippen molar-refractivity contribution in [2.75, 3.05) is 12.4 Å². The van der Waals surface area contributed by atoms with E-state index in [0.717, 1.165) is 0 Å². The van der Waals surface area contributed by atoms with Gasteiger partial charge in [0.25, 0.3) is 5.91 Å².